The molecule has 10 heavy (non-hydrogen) atoms. The van der Waals surface area contributed by atoms with Gasteiger partial charge in [0.1, 0.15) is 0 Å². The van der Waals surface area contributed by atoms with Gasteiger partial charge in [-0.2, -0.15) is 0 Å². The second kappa shape index (κ2) is 3.40. The molecule has 0 bridgehead atoms. The Morgan fingerprint density at radius 3 is 3.10 bits per heavy atom. The molecular formula is C8H12O2. The lowest BCUT2D eigenvalue weighted by Gasteiger charge is -1.99. The molecule has 0 aliphatic carbocycles. The summed E-state index contributed by atoms with van der Waals surface area (Å²) in [5.74, 6) is 0.125. The van der Waals surface area contributed by atoms with E-state index in [-0.39, 0.29) is 11.9 Å². The van der Waals surface area contributed by atoms with Gasteiger partial charge < -0.3 is 4.74 Å². The van der Waals surface area contributed by atoms with Crippen molar-refractivity contribution in [2.45, 2.75) is 19.3 Å². The average molecular weight is 140 g/mol. The maximum absolute atomic E-state index is 10.8. The van der Waals surface area contributed by atoms with Crippen LogP contribution in [0.5, 0.6) is 0 Å². The van der Waals surface area contributed by atoms with Crippen LogP contribution in [0.25, 0.3) is 0 Å². The summed E-state index contributed by atoms with van der Waals surface area (Å²) in [6.45, 7) is 4.21. The van der Waals surface area contributed by atoms with Crippen LogP contribution in [0.15, 0.2) is 12.7 Å². The lowest BCUT2D eigenvalue weighted by Crippen LogP contribution is -2.06. The average Bonchev–Trinajstić information content (AvgIpc) is 2.31. The maximum atomic E-state index is 10.8. The summed E-state index contributed by atoms with van der Waals surface area (Å²) in [5.41, 5.74) is 0. The number of esters is 1. The van der Waals surface area contributed by atoms with Crippen molar-refractivity contribution in [1.82, 2.24) is 0 Å². The Labute approximate surface area is 60.9 Å². The first kappa shape index (κ1) is 7.32. The number of hydrogen-bond acceptors (Lipinski definition) is 2. The van der Waals surface area contributed by atoms with Gasteiger partial charge in [-0.1, -0.05) is 6.08 Å². The number of carbonyl (C=O) groups is 1. The molecule has 1 rings (SSSR count). The lowest BCUT2D eigenvalue weighted by atomic mass is 10.0. The number of ether oxygens (including phenoxy) is 1. The first-order valence-corrected chi connectivity index (χ1v) is 3.62. The minimum Gasteiger partial charge on any atom is -0.465 e. The van der Waals surface area contributed by atoms with Crippen LogP contribution >= 0.6 is 0 Å². The fourth-order valence-corrected chi connectivity index (χ4v) is 1.12. The molecule has 0 unspecified atom stereocenters. The summed E-state index contributed by atoms with van der Waals surface area (Å²) < 4.78 is 4.79. The summed E-state index contributed by atoms with van der Waals surface area (Å²) in [4.78, 5) is 10.8. The molecule has 1 saturated heterocycles. The van der Waals surface area contributed by atoms with E-state index in [9.17, 15) is 4.79 Å². The highest BCUT2D eigenvalue weighted by Gasteiger charge is 2.24. The number of hydrogen-bond donors (Lipinski definition) is 0. The molecule has 2 heteroatoms. The minimum atomic E-state index is -0.0261. The predicted molar refractivity (Wildman–Crippen MR) is 38.5 cm³/mol. The van der Waals surface area contributed by atoms with Crippen molar-refractivity contribution in [3.8, 4) is 0 Å². The van der Waals surface area contributed by atoms with Crippen molar-refractivity contribution < 1.29 is 9.53 Å². The Kier molecular flexibility index (Phi) is 2.49. The molecule has 1 atom stereocenters. The second-order valence-corrected chi connectivity index (χ2v) is 2.52. The van der Waals surface area contributed by atoms with E-state index in [0.29, 0.717) is 6.61 Å². The largest absolute Gasteiger partial charge is 0.465 e. The van der Waals surface area contributed by atoms with Crippen LogP contribution in [0.1, 0.15) is 19.3 Å². The van der Waals surface area contributed by atoms with E-state index in [1.807, 2.05) is 6.08 Å². The molecule has 0 spiro atoms. The van der Waals surface area contributed by atoms with E-state index < -0.39 is 0 Å². The first-order chi connectivity index (χ1) is 4.84. The number of rotatable bonds is 3. The Hall–Kier alpha value is -0.790. The van der Waals surface area contributed by atoms with E-state index in [2.05, 4.69) is 6.58 Å². The van der Waals surface area contributed by atoms with Crippen molar-refractivity contribution in [2.24, 2.45) is 5.92 Å². The van der Waals surface area contributed by atoms with Crippen molar-refractivity contribution >= 4 is 5.97 Å². The van der Waals surface area contributed by atoms with E-state index in [4.69, 9.17) is 4.74 Å². The number of allylic oxidation sites excluding steroid dienone is 1. The SMILES string of the molecule is C=CCC[C@@H]1CCOC1=O. The van der Waals surface area contributed by atoms with Gasteiger partial charge in [-0.25, -0.2) is 0 Å². The third kappa shape index (κ3) is 1.59. The predicted octanol–water partition coefficient (Wildman–Crippen LogP) is 1.52. The highest BCUT2D eigenvalue weighted by atomic mass is 16.5. The van der Waals surface area contributed by atoms with Gasteiger partial charge in [-0.3, -0.25) is 4.79 Å². The molecule has 0 radical (unpaired) electrons. The van der Waals surface area contributed by atoms with Crippen molar-refractivity contribution in [1.29, 1.82) is 0 Å². The molecule has 2 nitrogen and oxygen atoms in total. The van der Waals surface area contributed by atoms with Crippen molar-refractivity contribution in [2.75, 3.05) is 6.61 Å². The molecule has 0 saturated carbocycles. The van der Waals surface area contributed by atoms with Gasteiger partial charge in [0.2, 0.25) is 0 Å². The topological polar surface area (TPSA) is 26.3 Å². The van der Waals surface area contributed by atoms with Crippen molar-refractivity contribution in [3.63, 3.8) is 0 Å². The highest BCUT2D eigenvalue weighted by Crippen LogP contribution is 2.19. The van der Waals surface area contributed by atoms with E-state index in [1.54, 1.807) is 0 Å². The third-order valence-electron chi connectivity index (χ3n) is 1.76. The molecule has 0 N–H and O–H groups in total. The molecule has 1 aliphatic rings. The molecule has 1 aliphatic heterocycles. The van der Waals surface area contributed by atoms with E-state index >= 15 is 0 Å². The molecule has 0 aromatic rings. The molecule has 56 valence electrons. The van der Waals surface area contributed by atoms with Gasteiger partial charge in [0, 0.05) is 0 Å². The fraction of sp³-hybridized carbons (Fsp3) is 0.625. The second-order valence-electron chi connectivity index (χ2n) is 2.52. The van der Waals surface area contributed by atoms with Gasteiger partial charge in [-0.15, -0.1) is 6.58 Å². The van der Waals surface area contributed by atoms with Crippen LogP contribution in [0.2, 0.25) is 0 Å². The number of carbonyl (C=O) groups excluding carboxylic acids is 1. The Bertz CT molecular complexity index is 140. The molecule has 1 heterocycles. The number of cyclic esters (lactones) is 1. The lowest BCUT2D eigenvalue weighted by molar-refractivity contribution is -0.141. The highest BCUT2D eigenvalue weighted by molar-refractivity contribution is 5.74. The summed E-state index contributed by atoms with van der Waals surface area (Å²) in [6, 6.07) is 0. The first-order valence-electron chi connectivity index (χ1n) is 3.62. The van der Waals surface area contributed by atoms with Gasteiger partial charge >= 0.3 is 5.97 Å². The van der Waals surface area contributed by atoms with Crippen LogP contribution in [0.4, 0.5) is 0 Å². The van der Waals surface area contributed by atoms with Crippen LogP contribution in [-0.4, -0.2) is 12.6 Å². The molecule has 0 amide bonds. The quantitative estimate of drug-likeness (QED) is 0.439. The zero-order chi connectivity index (χ0) is 7.40. The summed E-state index contributed by atoms with van der Waals surface area (Å²) in [7, 11) is 0. The zero-order valence-corrected chi connectivity index (χ0v) is 6.01. The third-order valence-corrected chi connectivity index (χ3v) is 1.76. The van der Waals surface area contributed by atoms with Gasteiger partial charge in [0.05, 0.1) is 12.5 Å². The normalized spacial score (nSPS) is 24.4. The van der Waals surface area contributed by atoms with Crippen LogP contribution in [-0.2, 0) is 9.53 Å². The summed E-state index contributed by atoms with van der Waals surface area (Å²) >= 11 is 0. The van der Waals surface area contributed by atoms with Crippen LogP contribution in [0, 0.1) is 5.92 Å². The molecule has 0 aromatic carbocycles. The van der Waals surface area contributed by atoms with E-state index in [0.717, 1.165) is 19.3 Å². The summed E-state index contributed by atoms with van der Waals surface area (Å²) in [6.07, 6.45) is 4.56. The summed E-state index contributed by atoms with van der Waals surface area (Å²) in [5, 5.41) is 0. The van der Waals surface area contributed by atoms with Gasteiger partial charge in [-0.05, 0) is 19.3 Å². The monoisotopic (exact) mass is 140 g/mol. The minimum absolute atomic E-state index is 0.0261. The van der Waals surface area contributed by atoms with E-state index in [1.165, 1.54) is 0 Å². The van der Waals surface area contributed by atoms with Crippen LogP contribution < -0.4 is 0 Å². The smallest absolute Gasteiger partial charge is 0.309 e. The van der Waals surface area contributed by atoms with Crippen molar-refractivity contribution in [3.05, 3.63) is 12.7 Å². The molecular weight excluding hydrogens is 128 g/mol. The van der Waals surface area contributed by atoms with Gasteiger partial charge in [0.15, 0.2) is 0 Å². The fourth-order valence-electron chi connectivity index (χ4n) is 1.12. The Morgan fingerprint density at radius 2 is 2.60 bits per heavy atom. The standard InChI is InChI=1S/C8H12O2/c1-2-3-4-7-5-6-10-8(7)9/h2,7H,1,3-6H2/t7-/m1/s1. The molecule has 0 aromatic heterocycles. The Balaban J connectivity index is 2.26. The van der Waals surface area contributed by atoms with Crippen LogP contribution in [0.3, 0.4) is 0 Å². The zero-order valence-electron chi connectivity index (χ0n) is 6.01. The van der Waals surface area contributed by atoms with Gasteiger partial charge in [0.25, 0.3) is 0 Å². The Morgan fingerprint density at radius 1 is 1.80 bits per heavy atom. The molecule has 1 fully saturated rings. The maximum Gasteiger partial charge on any atom is 0.309 e.